The zero-order valence-corrected chi connectivity index (χ0v) is 10.2. The lowest BCUT2D eigenvalue weighted by atomic mass is 10.4. The molecule has 0 aliphatic heterocycles. The van der Waals surface area contributed by atoms with Gasteiger partial charge in [0.1, 0.15) is 0 Å². The second kappa shape index (κ2) is 7.64. The zero-order valence-electron chi connectivity index (χ0n) is 9.38. The van der Waals surface area contributed by atoms with Crippen LogP contribution in [0.3, 0.4) is 0 Å². The molecule has 0 fully saturated rings. The fourth-order valence-electron chi connectivity index (χ4n) is 0.931. The largest absolute Gasteiger partial charge is 0.354 e. The summed E-state index contributed by atoms with van der Waals surface area (Å²) in [6, 6.07) is 0. The molecule has 0 rings (SSSR count). The molecule has 2 N–H and O–H groups in total. The summed E-state index contributed by atoms with van der Waals surface area (Å²) in [5, 5.41) is 5.49. The summed E-state index contributed by atoms with van der Waals surface area (Å²) < 4.78 is 22.1. The highest BCUT2D eigenvalue weighted by Crippen LogP contribution is 1.86. The lowest BCUT2D eigenvalue weighted by Gasteiger charge is -2.05. The van der Waals surface area contributed by atoms with E-state index >= 15 is 0 Å². The fourth-order valence-corrected chi connectivity index (χ4v) is 1.63. The summed E-state index contributed by atoms with van der Waals surface area (Å²) in [5.74, 6) is -0.0188. The first-order chi connectivity index (χ1) is 7.02. The van der Waals surface area contributed by atoms with Crippen LogP contribution in [0.4, 0.5) is 0 Å². The average molecular weight is 236 g/mol. The molecule has 90 valence electrons. The van der Waals surface area contributed by atoms with Gasteiger partial charge in [-0.3, -0.25) is 4.79 Å². The Morgan fingerprint density at radius 3 is 2.40 bits per heavy atom. The van der Waals surface area contributed by atoms with Crippen molar-refractivity contribution in [1.82, 2.24) is 10.6 Å². The van der Waals surface area contributed by atoms with E-state index in [0.717, 1.165) is 13.0 Å². The van der Waals surface area contributed by atoms with Gasteiger partial charge in [0.25, 0.3) is 0 Å². The molecule has 1 amide bonds. The minimum absolute atomic E-state index is 0.0169. The Morgan fingerprint density at radius 1 is 1.20 bits per heavy atom. The summed E-state index contributed by atoms with van der Waals surface area (Å²) in [6.45, 7) is 4.85. The molecular weight excluding hydrogens is 216 g/mol. The van der Waals surface area contributed by atoms with Crippen LogP contribution in [0.2, 0.25) is 0 Å². The van der Waals surface area contributed by atoms with E-state index in [4.69, 9.17) is 0 Å². The molecule has 0 aliphatic carbocycles. The molecule has 0 saturated heterocycles. The molecule has 0 saturated carbocycles. The highest BCUT2D eigenvalue weighted by molar-refractivity contribution is 7.91. The third kappa shape index (κ3) is 8.38. The van der Waals surface area contributed by atoms with E-state index in [1.165, 1.54) is 0 Å². The Morgan fingerprint density at radius 2 is 1.87 bits per heavy atom. The summed E-state index contributed by atoms with van der Waals surface area (Å²) in [7, 11) is -2.98. The first-order valence-corrected chi connectivity index (χ1v) is 7.01. The van der Waals surface area contributed by atoms with Crippen molar-refractivity contribution in [3.8, 4) is 0 Å². The number of sulfone groups is 1. The van der Waals surface area contributed by atoms with Gasteiger partial charge in [-0.25, -0.2) is 8.42 Å². The predicted molar refractivity (Wildman–Crippen MR) is 60.5 cm³/mol. The quantitative estimate of drug-likeness (QED) is 0.559. The second-order valence-corrected chi connectivity index (χ2v) is 5.74. The molecule has 0 spiro atoms. The molecule has 0 unspecified atom stereocenters. The number of carbonyl (C=O) groups is 1. The van der Waals surface area contributed by atoms with E-state index in [9.17, 15) is 13.2 Å². The number of nitrogens with one attached hydrogen (secondary N) is 2. The van der Waals surface area contributed by atoms with Crippen molar-refractivity contribution in [2.24, 2.45) is 0 Å². The van der Waals surface area contributed by atoms with Crippen molar-refractivity contribution in [3.05, 3.63) is 0 Å². The molecule has 0 aromatic carbocycles. The maximum Gasteiger partial charge on any atom is 0.233 e. The topological polar surface area (TPSA) is 75.3 Å². The van der Waals surface area contributed by atoms with Gasteiger partial charge in [0.15, 0.2) is 9.84 Å². The predicted octanol–water partition coefficient (Wildman–Crippen LogP) is -0.463. The van der Waals surface area contributed by atoms with Crippen LogP contribution in [-0.4, -0.2) is 45.5 Å². The maximum absolute atomic E-state index is 11.1. The van der Waals surface area contributed by atoms with Crippen LogP contribution in [0.25, 0.3) is 0 Å². The van der Waals surface area contributed by atoms with E-state index < -0.39 is 9.84 Å². The molecule has 0 atom stereocenters. The van der Waals surface area contributed by atoms with Gasteiger partial charge in [-0.05, 0) is 13.0 Å². The lowest BCUT2D eigenvalue weighted by molar-refractivity contribution is -0.120. The molecule has 15 heavy (non-hydrogen) atoms. The van der Waals surface area contributed by atoms with Crippen molar-refractivity contribution in [1.29, 1.82) is 0 Å². The van der Waals surface area contributed by atoms with Crippen molar-refractivity contribution < 1.29 is 13.2 Å². The highest BCUT2D eigenvalue weighted by Gasteiger charge is 2.07. The van der Waals surface area contributed by atoms with E-state index in [2.05, 4.69) is 10.6 Å². The number of hydrogen-bond donors (Lipinski definition) is 2. The molecule has 0 aromatic rings. The SMILES string of the molecule is CCCNCC(=O)NCCS(=O)(=O)CC. The third-order valence-electron chi connectivity index (χ3n) is 1.89. The molecule has 0 bridgehead atoms. The van der Waals surface area contributed by atoms with Gasteiger partial charge in [0, 0.05) is 12.3 Å². The molecule has 6 heteroatoms. The number of carbonyl (C=O) groups excluding carboxylic acids is 1. The third-order valence-corrected chi connectivity index (χ3v) is 3.59. The number of hydrogen-bond acceptors (Lipinski definition) is 4. The van der Waals surface area contributed by atoms with Crippen molar-refractivity contribution >= 4 is 15.7 Å². The van der Waals surface area contributed by atoms with Crippen LogP contribution in [0.1, 0.15) is 20.3 Å². The summed E-state index contributed by atoms with van der Waals surface area (Å²) in [6.07, 6.45) is 0.970. The summed E-state index contributed by atoms with van der Waals surface area (Å²) in [5.41, 5.74) is 0. The first-order valence-electron chi connectivity index (χ1n) is 5.19. The van der Waals surface area contributed by atoms with Gasteiger partial charge in [0.2, 0.25) is 5.91 Å². The summed E-state index contributed by atoms with van der Waals surface area (Å²) in [4.78, 5) is 11.1. The Hall–Kier alpha value is -0.620. The van der Waals surface area contributed by atoms with Gasteiger partial charge in [-0.1, -0.05) is 13.8 Å². The number of rotatable bonds is 8. The number of amides is 1. The van der Waals surface area contributed by atoms with Crippen molar-refractivity contribution in [2.75, 3.05) is 31.1 Å². The van der Waals surface area contributed by atoms with Crippen LogP contribution in [0, 0.1) is 0 Å². The highest BCUT2D eigenvalue weighted by atomic mass is 32.2. The molecular formula is C9H20N2O3S. The molecule has 0 radical (unpaired) electrons. The van der Waals surface area contributed by atoms with Crippen LogP contribution < -0.4 is 10.6 Å². The first kappa shape index (κ1) is 14.4. The van der Waals surface area contributed by atoms with E-state index in [-0.39, 0.29) is 30.5 Å². The minimum atomic E-state index is -2.98. The van der Waals surface area contributed by atoms with Crippen molar-refractivity contribution in [3.63, 3.8) is 0 Å². The van der Waals surface area contributed by atoms with E-state index in [1.54, 1.807) is 6.92 Å². The van der Waals surface area contributed by atoms with Gasteiger partial charge >= 0.3 is 0 Å². The van der Waals surface area contributed by atoms with Crippen LogP contribution in [-0.2, 0) is 14.6 Å². The van der Waals surface area contributed by atoms with Crippen LogP contribution in [0.5, 0.6) is 0 Å². The molecule has 0 aromatic heterocycles. The Balaban J connectivity index is 3.55. The van der Waals surface area contributed by atoms with Crippen LogP contribution >= 0.6 is 0 Å². The molecule has 0 aliphatic rings. The monoisotopic (exact) mass is 236 g/mol. The molecule has 5 nitrogen and oxygen atoms in total. The van der Waals surface area contributed by atoms with Gasteiger partial charge < -0.3 is 10.6 Å². The minimum Gasteiger partial charge on any atom is -0.354 e. The van der Waals surface area contributed by atoms with Crippen LogP contribution in [0.15, 0.2) is 0 Å². The Labute approximate surface area is 91.5 Å². The lowest BCUT2D eigenvalue weighted by Crippen LogP contribution is -2.36. The standard InChI is InChI=1S/C9H20N2O3S/c1-3-5-10-8-9(12)11-6-7-15(13,14)4-2/h10H,3-8H2,1-2H3,(H,11,12). The smallest absolute Gasteiger partial charge is 0.233 e. The second-order valence-electron chi connectivity index (χ2n) is 3.26. The van der Waals surface area contributed by atoms with Gasteiger partial charge in [-0.2, -0.15) is 0 Å². The van der Waals surface area contributed by atoms with E-state index in [0.29, 0.717) is 0 Å². The maximum atomic E-state index is 11.1. The molecule has 0 heterocycles. The Bertz CT molecular complexity index is 275. The van der Waals surface area contributed by atoms with Crippen molar-refractivity contribution in [2.45, 2.75) is 20.3 Å². The Kier molecular flexibility index (Phi) is 7.33. The van der Waals surface area contributed by atoms with E-state index in [1.807, 2.05) is 6.92 Å². The normalized spacial score (nSPS) is 11.3. The zero-order chi connectivity index (χ0) is 11.7. The summed E-state index contributed by atoms with van der Waals surface area (Å²) >= 11 is 0. The van der Waals surface area contributed by atoms with Gasteiger partial charge in [0.05, 0.1) is 12.3 Å². The fraction of sp³-hybridized carbons (Fsp3) is 0.889. The van der Waals surface area contributed by atoms with Gasteiger partial charge in [-0.15, -0.1) is 0 Å². The average Bonchev–Trinajstić information content (AvgIpc) is 2.18.